The fourth-order valence-electron chi connectivity index (χ4n) is 4.42. The number of carbonyl (C=O) groups is 2. The van der Waals surface area contributed by atoms with Gasteiger partial charge in [-0.05, 0) is 60.0 Å². The van der Waals surface area contributed by atoms with E-state index >= 15 is 0 Å². The zero-order chi connectivity index (χ0) is 17.6. The molecule has 4 heterocycles. The van der Waals surface area contributed by atoms with Gasteiger partial charge in [-0.25, -0.2) is 0 Å². The molecule has 4 aliphatic heterocycles. The predicted molar refractivity (Wildman–Crippen MR) is 85.8 cm³/mol. The Hall–Kier alpha value is -1.62. The van der Waals surface area contributed by atoms with Gasteiger partial charge in [0.15, 0.2) is 11.0 Å². The van der Waals surface area contributed by atoms with E-state index in [1.54, 1.807) is 26.8 Å². The van der Waals surface area contributed by atoms with E-state index in [1.165, 1.54) is 0 Å². The highest BCUT2D eigenvalue weighted by Gasteiger charge is 2.75. The van der Waals surface area contributed by atoms with E-state index in [-0.39, 0.29) is 11.9 Å². The first-order valence-electron chi connectivity index (χ1n) is 8.58. The van der Waals surface area contributed by atoms with E-state index in [0.717, 1.165) is 6.42 Å². The highest BCUT2D eigenvalue weighted by Crippen LogP contribution is 2.66. The SMILES string of the molecule is CC(C)(C)C(=O)OC1=C[C@]2(C)OC(=O)[C@]13CCC[C@@]31C=C[C@]2(C)O1. The zero-order valence-electron chi connectivity index (χ0n) is 14.9. The molecule has 5 rings (SSSR count). The Balaban J connectivity index is 1.91. The molecule has 130 valence electrons. The Kier molecular flexibility index (Phi) is 2.73. The molecule has 5 heteroatoms. The van der Waals surface area contributed by atoms with Crippen LogP contribution in [0.3, 0.4) is 0 Å². The van der Waals surface area contributed by atoms with Gasteiger partial charge >= 0.3 is 11.9 Å². The molecule has 0 aromatic rings. The maximum atomic E-state index is 13.1. The molecule has 2 spiro atoms. The molecular weight excluding hydrogens is 308 g/mol. The first-order chi connectivity index (χ1) is 11.0. The normalized spacial score (nSPS) is 45.5. The quantitative estimate of drug-likeness (QED) is 0.545. The van der Waals surface area contributed by atoms with Crippen molar-refractivity contribution in [3.05, 3.63) is 24.0 Å². The van der Waals surface area contributed by atoms with Crippen molar-refractivity contribution >= 4 is 11.9 Å². The summed E-state index contributed by atoms with van der Waals surface area (Å²) in [5, 5.41) is 0. The molecule has 5 nitrogen and oxygen atoms in total. The van der Waals surface area contributed by atoms with Crippen LogP contribution in [0.2, 0.25) is 0 Å². The summed E-state index contributed by atoms with van der Waals surface area (Å²) in [7, 11) is 0. The summed E-state index contributed by atoms with van der Waals surface area (Å²) in [4.78, 5) is 25.6. The minimum atomic E-state index is -1.06. The molecule has 0 aromatic heterocycles. The summed E-state index contributed by atoms with van der Waals surface area (Å²) in [6, 6.07) is 0. The van der Waals surface area contributed by atoms with Gasteiger partial charge in [-0.3, -0.25) is 9.59 Å². The Labute approximate surface area is 142 Å². The van der Waals surface area contributed by atoms with Crippen molar-refractivity contribution in [2.24, 2.45) is 10.8 Å². The second kappa shape index (κ2) is 4.13. The Bertz CT molecular complexity index is 714. The topological polar surface area (TPSA) is 61.8 Å². The van der Waals surface area contributed by atoms with E-state index in [9.17, 15) is 9.59 Å². The van der Waals surface area contributed by atoms with E-state index in [1.807, 2.05) is 26.0 Å². The molecule has 1 saturated carbocycles. The van der Waals surface area contributed by atoms with Crippen LogP contribution in [-0.2, 0) is 23.8 Å². The summed E-state index contributed by atoms with van der Waals surface area (Å²) in [5.41, 5.74) is -4.24. The lowest BCUT2D eigenvalue weighted by Gasteiger charge is -2.43. The molecule has 0 unspecified atom stereocenters. The summed E-state index contributed by atoms with van der Waals surface area (Å²) in [6.07, 6.45) is 7.89. The number of esters is 2. The minimum absolute atomic E-state index is 0.338. The van der Waals surface area contributed by atoms with E-state index < -0.39 is 27.6 Å². The smallest absolute Gasteiger partial charge is 0.324 e. The van der Waals surface area contributed by atoms with Crippen molar-refractivity contribution in [2.45, 2.75) is 70.7 Å². The number of hydrogen-bond acceptors (Lipinski definition) is 5. The van der Waals surface area contributed by atoms with Crippen molar-refractivity contribution in [1.29, 1.82) is 0 Å². The second-order valence-electron chi connectivity index (χ2n) is 8.84. The van der Waals surface area contributed by atoms with Gasteiger partial charge in [0.05, 0.1) is 5.41 Å². The molecule has 1 aliphatic carbocycles. The minimum Gasteiger partial charge on any atom is -0.451 e. The summed E-state index contributed by atoms with van der Waals surface area (Å²) in [6.45, 7) is 9.14. The van der Waals surface area contributed by atoms with Gasteiger partial charge in [0.1, 0.15) is 17.0 Å². The number of hydrogen-bond donors (Lipinski definition) is 0. The van der Waals surface area contributed by atoms with Gasteiger partial charge in [0, 0.05) is 6.08 Å². The zero-order valence-corrected chi connectivity index (χ0v) is 14.9. The molecule has 4 bridgehead atoms. The van der Waals surface area contributed by atoms with E-state index in [2.05, 4.69) is 0 Å². The number of rotatable bonds is 1. The van der Waals surface area contributed by atoms with Crippen LogP contribution in [0, 0.1) is 10.8 Å². The molecule has 2 fully saturated rings. The van der Waals surface area contributed by atoms with Gasteiger partial charge in [0.2, 0.25) is 0 Å². The largest absolute Gasteiger partial charge is 0.451 e. The number of ether oxygens (including phenoxy) is 3. The highest BCUT2D eigenvalue weighted by molar-refractivity contribution is 5.88. The van der Waals surface area contributed by atoms with Gasteiger partial charge < -0.3 is 14.2 Å². The molecule has 0 aromatic carbocycles. The number of carbonyl (C=O) groups excluding carboxylic acids is 2. The summed E-state index contributed by atoms with van der Waals surface area (Å²) >= 11 is 0. The van der Waals surface area contributed by atoms with Crippen LogP contribution in [0.5, 0.6) is 0 Å². The van der Waals surface area contributed by atoms with E-state index in [4.69, 9.17) is 14.2 Å². The molecule has 0 radical (unpaired) electrons. The third-order valence-electron chi connectivity index (χ3n) is 6.17. The molecular formula is C19H24O5. The van der Waals surface area contributed by atoms with Gasteiger partial charge in [-0.2, -0.15) is 0 Å². The van der Waals surface area contributed by atoms with Crippen LogP contribution in [-0.4, -0.2) is 28.7 Å². The van der Waals surface area contributed by atoms with Crippen LogP contribution >= 0.6 is 0 Å². The van der Waals surface area contributed by atoms with Crippen molar-refractivity contribution in [1.82, 2.24) is 0 Å². The standard InChI is InChI=1S/C19H24O5/c1-15(2,3)13(20)22-12-11-17(5)16(4)9-10-18(24-16)7-6-8-19(12,18)14(21)23-17/h9-11H,6-8H2,1-5H3/t16-,17-,18+,19-/m0/s1. The van der Waals surface area contributed by atoms with Crippen molar-refractivity contribution in [2.75, 3.05) is 0 Å². The molecule has 24 heavy (non-hydrogen) atoms. The Morgan fingerprint density at radius 1 is 1.17 bits per heavy atom. The lowest BCUT2D eigenvalue weighted by atomic mass is 9.68. The fraction of sp³-hybridized carbons (Fsp3) is 0.684. The monoisotopic (exact) mass is 332 g/mol. The molecule has 1 saturated heterocycles. The van der Waals surface area contributed by atoms with Crippen molar-refractivity contribution in [3.8, 4) is 0 Å². The average molecular weight is 332 g/mol. The third kappa shape index (κ3) is 1.59. The first-order valence-corrected chi connectivity index (χ1v) is 8.58. The van der Waals surface area contributed by atoms with Gasteiger partial charge in [-0.15, -0.1) is 0 Å². The Morgan fingerprint density at radius 2 is 1.88 bits per heavy atom. The van der Waals surface area contributed by atoms with Gasteiger partial charge in [-0.1, -0.05) is 6.08 Å². The van der Waals surface area contributed by atoms with Gasteiger partial charge in [0.25, 0.3) is 0 Å². The predicted octanol–water partition coefficient (Wildman–Crippen LogP) is 3.04. The van der Waals surface area contributed by atoms with Crippen LogP contribution in [0.25, 0.3) is 0 Å². The first kappa shape index (κ1) is 15.9. The number of fused-ring (bicyclic) bond motifs is 1. The summed E-state index contributed by atoms with van der Waals surface area (Å²) in [5.74, 6) is -0.277. The highest BCUT2D eigenvalue weighted by atomic mass is 16.6. The maximum absolute atomic E-state index is 13.1. The Morgan fingerprint density at radius 3 is 2.54 bits per heavy atom. The summed E-state index contributed by atoms with van der Waals surface area (Å²) < 4.78 is 18.1. The molecule has 0 amide bonds. The third-order valence-corrected chi connectivity index (χ3v) is 6.17. The average Bonchev–Trinajstić information content (AvgIpc) is 2.96. The van der Waals surface area contributed by atoms with Crippen molar-refractivity contribution < 1.29 is 23.8 Å². The molecule has 4 atom stereocenters. The fourth-order valence-corrected chi connectivity index (χ4v) is 4.42. The van der Waals surface area contributed by atoms with E-state index in [0.29, 0.717) is 18.6 Å². The van der Waals surface area contributed by atoms with Crippen LogP contribution in [0.15, 0.2) is 24.0 Å². The maximum Gasteiger partial charge on any atom is 0.324 e. The van der Waals surface area contributed by atoms with Crippen LogP contribution < -0.4 is 0 Å². The second-order valence-corrected chi connectivity index (χ2v) is 8.84. The van der Waals surface area contributed by atoms with Crippen LogP contribution in [0.4, 0.5) is 0 Å². The lowest BCUT2D eigenvalue weighted by Crippen LogP contribution is -2.55. The van der Waals surface area contributed by atoms with Crippen molar-refractivity contribution in [3.63, 3.8) is 0 Å². The molecule has 5 aliphatic rings. The van der Waals surface area contributed by atoms with Crippen LogP contribution in [0.1, 0.15) is 53.9 Å². The molecule has 0 N–H and O–H groups in total. The lowest BCUT2D eigenvalue weighted by molar-refractivity contribution is -0.175.